The number of aliphatic hydroxyl groups is 1. The number of amides is 1. The molecule has 0 spiro atoms. The molecule has 1 aromatic heterocycles. The van der Waals surface area contributed by atoms with Crippen LogP contribution < -0.4 is 5.73 Å². The quantitative estimate of drug-likeness (QED) is 0.716. The van der Waals surface area contributed by atoms with Gasteiger partial charge in [0.05, 0.1) is 17.4 Å². The lowest BCUT2D eigenvalue weighted by molar-refractivity contribution is -0.162. The van der Waals surface area contributed by atoms with Crippen LogP contribution in [0.5, 0.6) is 0 Å². The first-order valence-electron chi connectivity index (χ1n) is 9.27. The van der Waals surface area contributed by atoms with Crippen molar-refractivity contribution in [3.63, 3.8) is 0 Å². The molecule has 1 saturated heterocycles. The third kappa shape index (κ3) is 3.55. The van der Waals surface area contributed by atoms with Crippen LogP contribution in [0.1, 0.15) is 36.5 Å². The molecule has 1 aliphatic rings. The molecule has 0 saturated carbocycles. The summed E-state index contributed by atoms with van der Waals surface area (Å²) in [7, 11) is 0. The van der Waals surface area contributed by atoms with Crippen molar-refractivity contribution in [2.45, 2.75) is 32.3 Å². The lowest BCUT2D eigenvalue weighted by atomic mass is 9.74. The summed E-state index contributed by atoms with van der Waals surface area (Å²) in [5.41, 5.74) is 5.73. The lowest BCUT2D eigenvalue weighted by Gasteiger charge is -2.43. The molecule has 8 heteroatoms. The molecule has 3 rings (SSSR count). The van der Waals surface area contributed by atoms with Crippen molar-refractivity contribution in [2.75, 3.05) is 18.8 Å². The summed E-state index contributed by atoms with van der Waals surface area (Å²) < 4.78 is 0. The Kier molecular flexibility index (Phi) is 5.60. The number of carboxylic acid groups (broad SMARTS) is 1. The van der Waals surface area contributed by atoms with Crippen molar-refractivity contribution >= 4 is 17.8 Å². The lowest BCUT2D eigenvalue weighted by Crippen LogP contribution is -2.57. The van der Waals surface area contributed by atoms with Crippen molar-refractivity contribution < 1.29 is 19.8 Å². The van der Waals surface area contributed by atoms with Crippen molar-refractivity contribution in [2.24, 2.45) is 5.41 Å². The second kappa shape index (κ2) is 7.93. The molecule has 4 N–H and O–H groups in total. The van der Waals surface area contributed by atoms with Gasteiger partial charge in [-0.2, -0.15) is 0 Å². The first-order valence-corrected chi connectivity index (χ1v) is 9.27. The molecule has 148 valence electrons. The van der Waals surface area contributed by atoms with E-state index in [0.29, 0.717) is 12.1 Å². The van der Waals surface area contributed by atoms with E-state index in [1.54, 1.807) is 0 Å². The second-order valence-corrected chi connectivity index (χ2v) is 7.10. The van der Waals surface area contributed by atoms with E-state index < -0.39 is 17.5 Å². The van der Waals surface area contributed by atoms with Crippen LogP contribution in [0, 0.1) is 5.41 Å². The Balaban J connectivity index is 1.98. The molecule has 1 aromatic carbocycles. The maximum Gasteiger partial charge on any atom is 0.314 e. The minimum atomic E-state index is -1.37. The summed E-state index contributed by atoms with van der Waals surface area (Å²) >= 11 is 0. The van der Waals surface area contributed by atoms with E-state index in [1.807, 2.05) is 37.3 Å². The van der Waals surface area contributed by atoms with E-state index >= 15 is 0 Å². The molecule has 2 heterocycles. The van der Waals surface area contributed by atoms with Crippen LogP contribution in [-0.2, 0) is 4.79 Å². The van der Waals surface area contributed by atoms with Crippen molar-refractivity contribution in [1.82, 2.24) is 14.9 Å². The number of hydrogen-bond acceptors (Lipinski definition) is 6. The fraction of sp³-hybridized carbons (Fsp3) is 0.400. The third-order valence-corrected chi connectivity index (χ3v) is 5.28. The minimum absolute atomic E-state index is 0.0512. The molecular weight excluding hydrogens is 360 g/mol. The average Bonchev–Trinajstić information content (AvgIpc) is 2.69. The number of nitrogens with zero attached hydrogens (tertiary/aromatic N) is 3. The highest BCUT2D eigenvalue weighted by Crippen LogP contribution is 2.36. The molecule has 0 bridgehead atoms. The highest BCUT2D eigenvalue weighted by atomic mass is 16.4. The molecule has 8 nitrogen and oxygen atoms in total. The van der Waals surface area contributed by atoms with E-state index in [4.69, 9.17) is 5.73 Å². The molecular formula is C20H24N4O4. The minimum Gasteiger partial charge on any atom is -0.481 e. The number of carbonyl (C=O) groups is 2. The summed E-state index contributed by atoms with van der Waals surface area (Å²) in [6, 6.07) is 9.15. The number of carbonyl (C=O) groups excluding carboxylic acids is 1. The van der Waals surface area contributed by atoms with Crippen LogP contribution in [0.3, 0.4) is 0 Å². The molecule has 0 aliphatic carbocycles. The topological polar surface area (TPSA) is 130 Å². The van der Waals surface area contributed by atoms with E-state index in [2.05, 4.69) is 9.97 Å². The zero-order chi connectivity index (χ0) is 20.3. The highest BCUT2D eigenvalue weighted by molar-refractivity contribution is 6.00. The molecule has 0 unspecified atom stereocenters. The van der Waals surface area contributed by atoms with Crippen LogP contribution in [0.4, 0.5) is 5.95 Å². The number of rotatable bonds is 5. The first kappa shape index (κ1) is 19.8. The van der Waals surface area contributed by atoms with Gasteiger partial charge in [-0.25, -0.2) is 9.97 Å². The van der Waals surface area contributed by atoms with E-state index in [0.717, 1.165) is 5.56 Å². The van der Waals surface area contributed by atoms with E-state index in [9.17, 15) is 19.8 Å². The fourth-order valence-corrected chi connectivity index (χ4v) is 3.80. The van der Waals surface area contributed by atoms with E-state index in [1.165, 1.54) is 11.1 Å². The van der Waals surface area contributed by atoms with Crippen molar-refractivity contribution in [3.8, 4) is 11.3 Å². The number of likely N-dealkylation sites (tertiary alicyclic amines) is 1. The third-order valence-electron chi connectivity index (χ3n) is 5.28. The van der Waals surface area contributed by atoms with Crippen LogP contribution >= 0.6 is 0 Å². The van der Waals surface area contributed by atoms with Crippen LogP contribution in [0.15, 0.2) is 36.5 Å². The van der Waals surface area contributed by atoms with Gasteiger partial charge < -0.3 is 20.8 Å². The van der Waals surface area contributed by atoms with Gasteiger partial charge in [0.1, 0.15) is 5.41 Å². The molecule has 1 fully saturated rings. The van der Waals surface area contributed by atoms with Gasteiger partial charge >= 0.3 is 5.97 Å². The standard InChI is InChI=1S/C20H24N4O4/c1-2-9-20(18(27)28)12-24(10-8-15(20)25)17(26)14-11-22-19(21)23-16(14)13-6-4-3-5-7-13/h3-7,11,15,25H,2,8-10,12H2,1H3,(H,27,28)(H2,21,22,23)/t15-,20-/m1/s1. The van der Waals surface area contributed by atoms with Crippen molar-refractivity contribution in [1.29, 1.82) is 0 Å². The van der Waals surface area contributed by atoms with Gasteiger partial charge in [0.2, 0.25) is 5.95 Å². The Bertz CT molecular complexity index is 874. The number of aliphatic carboxylic acids is 1. The number of benzene rings is 1. The molecule has 2 atom stereocenters. The van der Waals surface area contributed by atoms with E-state index in [-0.39, 0.29) is 43.4 Å². The smallest absolute Gasteiger partial charge is 0.314 e. The molecule has 1 amide bonds. The van der Waals surface area contributed by atoms with Crippen molar-refractivity contribution in [3.05, 3.63) is 42.1 Å². The summed E-state index contributed by atoms with van der Waals surface area (Å²) in [4.78, 5) is 34.9. The number of aromatic nitrogens is 2. The zero-order valence-electron chi connectivity index (χ0n) is 15.7. The number of nitrogens with two attached hydrogens (primary N) is 1. The summed E-state index contributed by atoms with van der Waals surface area (Å²) in [6.45, 7) is 2.06. The second-order valence-electron chi connectivity index (χ2n) is 7.10. The Morgan fingerprint density at radius 3 is 2.68 bits per heavy atom. The van der Waals surface area contributed by atoms with Crippen LogP contribution in [-0.4, -0.2) is 56.2 Å². The maximum atomic E-state index is 13.3. The first-order chi connectivity index (χ1) is 13.4. The maximum absolute atomic E-state index is 13.3. The Morgan fingerprint density at radius 2 is 2.04 bits per heavy atom. The van der Waals surface area contributed by atoms with Gasteiger partial charge in [-0.05, 0) is 12.8 Å². The Hall–Kier alpha value is -3.00. The number of nitrogen functional groups attached to an aromatic ring is 1. The van der Waals surface area contributed by atoms with Gasteiger partial charge in [0.15, 0.2) is 0 Å². The summed E-state index contributed by atoms with van der Waals surface area (Å²) in [6.07, 6.45) is 1.46. The number of hydrogen-bond donors (Lipinski definition) is 3. The fourth-order valence-electron chi connectivity index (χ4n) is 3.80. The average molecular weight is 384 g/mol. The SMILES string of the molecule is CCC[C@@]1(C(=O)O)CN(C(=O)c2cnc(N)nc2-c2ccccc2)CC[C@H]1O. The number of aliphatic hydroxyl groups excluding tert-OH is 1. The zero-order valence-corrected chi connectivity index (χ0v) is 15.7. The van der Waals surface area contributed by atoms with Gasteiger partial charge in [-0.3, -0.25) is 9.59 Å². The summed E-state index contributed by atoms with van der Waals surface area (Å²) in [5, 5.41) is 20.2. The number of piperidine rings is 1. The molecule has 0 radical (unpaired) electrons. The van der Waals surface area contributed by atoms with Crippen LogP contribution in [0.25, 0.3) is 11.3 Å². The largest absolute Gasteiger partial charge is 0.481 e. The molecule has 2 aromatic rings. The Labute approximate surface area is 163 Å². The number of carboxylic acids is 1. The molecule has 28 heavy (non-hydrogen) atoms. The normalized spacial score (nSPS) is 22.1. The predicted molar refractivity (Wildman–Crippen MR) is 103 cm³/mol. The molecule has 1 aliphatic heterocycles. The van der Waals surface area contributed by atoms with Gasteiger partial charge in [-0.1, -0.05) is 43.7 Å². The number of anilines is 1. The monoisotopic (exact) mass is 384 g/mol. The van der Waals surface area contributed by atoms with Gasteiger partial charge in [0, 0.05) is 24.8 Å². The van der Waals surface area contributed by atoms with Gasteiger partial charge in [0.25, 0.3) is 5.91 Å². The predicted octanol–water partition coefficient (Wildman–Crippen LogP) is 1.80. The highest BCUT2D eigenvalue weighted by Gasteiger charge is 2.49. The Morgan fingerprint density at radius 1 is 1.32 bits per heavy atom. The van der Waals surface area contributed by atoms with Gasteiger partial charge in [-0.15, -0.1) is 0 Å². The summed E-state index contributed by atoms with van der Waals surface area (Å²) in [5.74, 6) is -1.40. The van der Waals surface area contributed by atoms with Crippen LogP contribution in [0.2, 0.25) is 0 Å².